The summed E-state index contributed by atoms with van der Waals surface area (Å²) in [7, 11) is 1.71. The van der Waals surface area contributed by atoms with E-state index in [9.17, 15) is 4.79 Å². The molecule has 0 bridgehead atoms. The van der Waals surface area contributed by atoms with Crippen molar-refractivity contribution in [1.29, 1.82) is 0 Å². The minimum Gasteiger partial charge on any atom is -0.454 e. The maximum absolute atomic E-state index is 11.5. The fourth-order valence-corrected chi connectivity index (χ4v) is 3.01. The van der Waals surface area contributed by atoms with Crippen molar-refractivity contribution in [2.75, 3.05) is 13.8 Å². The second kappa shape index (κ2) is 10.1. The summed E-state index contributed by atoms with van der Waals surface area (Å²) in [6.45, 7) is 14.3. The SMILES string of the molecule is C=CC(=O)OCO/C(=C(/C=NC)c1ccc(C(C)(C)C)cc1)c1cc(C)nn1CC. The van der Waals surface area contributed by atoms with Gasteiger partial charge in [-0.3, -0.25) is 9.67 Å². The normalized spacial score (nSPS) is 12.6. The molecular formula is C24H31N3O3. The maximum Gasteiger partial charge on any atom is 0.333 e. The summed E-state index contributed by atoms with van der Waals surface area (Å²) in [5.41, 5.74) is 4.67. The predicted octanol–water partition coefficient (Wildman–Crippen LogP) is 4.78. The average molecular weight is 410 g/mol. The van der Waals surface area contributed by atoms with E-state index in [1.807, 2.05) is 24.6 Å². The van der Waals surface area contributed by atoms with Crippen molar-refractivity contribution in [1.82, 2.24) is 9.78 Å². The Morgan fingerprint density at radius 1 is 1.23 bits per heavy atom. The third-order valence-electron chi connectivity index (χ3n) is 4.57. The Hall–Kier alpha value is -3.15. The van der Waals surface area contributed by atoms with Gasteiger partial charge in [-0.1, -0.05) is 51.6 Å². The van der Waals surface area contributed by atoms with Crippen molar-refractivity contribution in [3.63, 3.8) is 0 Å². The highest BCUT2D eigenvalue weighted by Crippen LogP contribution is 2.29. The van der Waals surface area contributed by atoms with Gasteiger partial charge in [-0.2, -0.15) is 5.10 Å². The summed E-state index contributed by atoms with van der Waals surface area (Å²) in [5, 5.41) is 4.53. The molecule has 0 aliphatic carbocycles. The molecule has 30 heavy (non-hydrogen) atoms. The number of hydrogen-bond donors (Lipinski definition) is 0. The van der Waals surface area contributed by atoms with Crippen molar-refractivity contribution < 1.29 is 14.3 Å². The molecule has 0 aliphatic rings. The molecule has 160 valence electrons. The molecule has 1 aromatic heterocycles. The van der Waals surface area contributed by atoms with Crippen LogP contribution in [0.15, 0.2) is 48.0 Å². The van der Waals surface area contributed by atoms with E-state index in [2.05, 4.69) is 61.7 Å². The van der Waals surface area contributed by atoms with E-state index < -0.39 is 5.97 Å². The molecule has 0 saturated carbocycles. The quantitative estimate of drug-likeness (QED) is 0.207. The number of esters is 1. The van der Waals surface area contributed by atoms with Gasteiger partial charge >= 0.3 is 5.97 Å². The molecule has 0 atom stereocenters. The van der Waals surface area contributed by atoms with Gasteiger partial charge in [0.15, 0.2) is 5.76 Å². The lowest BCUT2D eigenvalue weighted by Gasteiger charge is -2.20. The topological polar surface area (TPSA) is 65.7 Å². The van der Waals surface area contributed by atoms with Gasteiger partial charge in [-0.25, -0.2) is 4.79 Å². The van der Waals surface area contributed by atoms with Crippen LogP contribution in [-0.4, -0.2) is 35.8 Å². The minimum absolute atomic E-state index is 0.0530. The van der Waals surface area contributed by atoms with Crippen LogP contribution in [0.1, 0.15) is 50.2 Å². The molecule has 0 amide bonds. The number of allylic oxidation sites excluding steroid dienone is 1. The van der Waals surface area contributed by atoms with E-state index >= 15 is 0 Å². The smallest absolute Gasteiger partial charge is 0.333 e. The first-order chi connectivity index (χ1) is 14.2. The third kappa shape index (κ3) is 5.69. The summed E-state index contributed by atoms with van der Waals surface area (Å²) in [6, 6.07) is 10.3. The van der Waals surface area contributed by atoms with Crippen LogP contribution >= 0.6 is 0 Å². The number of rotatable bonds is 8. The van der Waals surface area contributed by atoms with E-state index in [0.29, 0.717) is 12.3 Å². The fourth-order valence-electron chi connectivity index (χ4n) is 3.01. The molecule has 6 nitrogen and oxygen atoms in total. The number of carbonyl (C=O) groups excluding carboxylic acids is 1. The first-order valence-electron chi connectivity index (χ1n) is 9.95. The van der Waals surface area contributed by atoms with Crippen molar-refractivity contribution in [2.45, 2.75) is 46.6 Å². The molecule has 0 aliphatic heterocycles. The Labute approximate surface area is 178 Å². The standard InChI is InChI=1S/C24H31N3O3/c1-8-22(28)29-16-30-23(21-14-17(3)26-27(21)9-2)20(15-25-7)18-10-12-19(13-11-18)24(4,5)6/h8,10-15H,1,9,16H2,2-7H3/b23-20-,25-15?. The monoisotopic (exact) mass is 409 g/mol. The third-order valence-corrected chi connectivity index (χ3v) is 4.57. The number of aliphatic imine (C=N–C) groups is 1. The molecule has 1 heterocycles. The molecule has 0 radical (unpaired) electrons. The van der Waals surface area contributed by atoms with Crippen LogP contribution in [0.5, 0.6) is 0 Å². The van der Waals surface area contributed by atoms with Gasteiger partial charge in [0.05, 0.1) is 5.69 Å². The van der Waals surface area contributed by atoms with Gasteiger partial charge in [0.2, 0.25) is 6.79 Å². The number of aromatic nitrogens is 2. The Balaban J connectivity index is 2.60. The number of benzene rings is 1. The Kier molecular flexibility index (Phi) is 7.75. The van der Waals surface area contributed by atoms with E-state index in [0.717, 1.165) is 28.6 Å². The van der Waals surface area contributed by atoms with Crippen LogP contribution in [0.3, 0.4) is 0 Å². The predicted molar refractivity (Wildman–Crippen MR) is 121 cm³/mol. The first kappa shape index (κ1) is 23.1. The van der Waals surface area contributed by atoms with Gasteiger partial charge in [-0.05, 0) is 36.5 Å². The molecule has 0 unspecified atom stereocenters. The number of hydrogen-bond acceptors (Lipinski definition) is 5. The van der Waals surface area contributed by atoms with Crippen LogP contribution in [0.2, 0.25) is 0 Å². The summed E-state index contributed by atoms with van der Waals surface area (Å²) in [6.07, 6.45) is 2.85. The van der Waals surface area contributed by atoms with Gasteiger partial charge < -0.3 is 9.47 Å². The van der Waals surface area contributed by atoms with Crippen molar-refractivity contribution >= 4 is 23.5 Å². The fraction of sp³-hybridized carbons (Fsp3) is 0.375. The van der Waals surface area contributed by atoms with Crippen LogP contribution in [0, 0.1) is 6.92 Å². The minimum atomic E-state index is -0.547. The second-order valence-corrected chi connectivity index (χ2v) is 7.87. The summed E-state index contributed by atoms with van der Waals surface area (Å²) in [4.78, 5) is 15.7. The van der Waals surface area contributed by atoms with E-state index in [4.69, 9.17) is 9.47 Å². The van der Waals surface area contributed by atoms with Gasteiger partial charge in [0.1, 0.15) is 5.69 Å². The second-order valence-electron chi connectivity index (χ2n) is 7.87. The first-order valence-corrected chi connectivity index (χ1v) is 9.95. The Morgan fingerprint density at radius 3 is 2.43 bits per heavy atom. The Bertz CT molecular complexity index is 945. The van der Waals surface area contributed by atoms with Gasteiger partial charge in [0.25, 0.3) is 0 Å². The zero-order valence-electron chi connectivity index (χ0n) is 18.7. The van der Waals surface area contributed by atoms with Gasteiger partial charge in [-0.15, -0.1) is 0 Å². The lowest BCUT2D eigenvalue weighted by atomic mass is 9.86. The highest BCUT2D eigenvalue weighted by atomic mass is 16.7. The zero-order chi connectivity index (χ0) is 22.3. The summed E-state index contributed by atoms with van der Waals surface area (Å²) in [5.74, 6) is -0.00168. The number of ether oxygens (including phenoxy) is 2. The summed E-state index contributed by atoms with van der Waals surface area (Å²) >= 11 is 0. The maximum atomic E-state index is 11.5. The van der Waals surface area contributed by atoms with Gasteiger partial charge in [0, 0.05) is 31.5 Å². The van der Waals surface area contributed by atoms with Crippen LogP contribution in [0.25, 0.3) is 11.3 Å². The lowest BCUT2D eigenvalue weighted by Crippen LogP contribution is -2.12. The molecule has 2 aromatic rings. The van der Waals surface area contributed by atoms with E-state index in [-0.39, 0.29) is 12.2 Å². The molecule has 2 rings (SSSR count). The van der Waals surface area contributed by atoms with E-state index in [1.54, 1.807) is 13.3 Å². The molecule has 0 N–H and O–H groups in total. The molecule has 0 spiro atoms. The number of aryl methyl sites for hydroxylation is 2. The number of nitrogens with zero attached hydrogens (tertiary/aromatic N) is 3. The molecule has 0 saturated heterocycles. The highest BCUT2D eigenvalue weighted by molar-refractivity contribution is 6.18. The Morgan fingerprint density at radius 2 is 1.90 bits per heavy atom. The molecule has 6 heteroatoms. The lowest BCUT2D eigenvalue weighted by molar-refractivity contribution is -0.145. The molecule has 0 fully saturated rings. The average Bonchev–Trinajstić information content (AvgIpc) is 3.09. The summed E-state index contributed by atoms with van der Waals surface area (Å²) < 4.78 is 12.9. The molecule has 1 aromatic carbocycles. The number of carbonyl (C=O) groups is 1. The largest absolute Gasteiger partial charge is 0.454 e. The van der Waals surface area contributed by atoms with Crippen LogP contribution in [0.4, 0.5) is 0 Å². The van der Waals surface area contributed by atoms with Crippen molar-refractivity contribution in [3.05, 3.63) is 65.5 Å². The zero-order valence-corrected chi connectivity index (χ0v) is 18.7. The van der Waals surface area contributed by atoms with E-state index in [1.165, 1.54) is 5.56 Å². The van der Waals surface area contributed by atoms with Crippen molar-refractivity contribution in [2.24, 2.45) is 4.99 Å². The van der Waals surface area contributed by atoms with Crippen molar-refractivity contribution in [3.8, 4) is 0 Å². The highest BCUT2D eigenvalue weighted by Gasteiger charge is 2.19. The molecular weight excluding hydrogens is 378 g/mol. The van der Waals surface area contributed by atoms with Crippen LogP contribution in [-0.2, 0) is 26.2 Å². The van der Waals surface area contributed by atoms with Crippen LogP contribution < -0.4 is 0 Å².